The Morgan fingerprint density at radius 3 is 2.47 bits per heavy atom. The molecule has 0 saturated carbocycles. The van der Waals surface area contributed by atoms with Crippen molar-refractivity contribution < 1.29 is 4.79 Å². The molecular formula is C12H14Cl3NO. The minimum atomic E-state index is -1.94. The van der Waals surface area contributed by atoms with E-state index in [0.29, 0.717) is 11.6 Å². The number of hydrogen-bond donors (Lipinski definition) is 1. The average Bonchev–Trinajstić information content (AvgIpc) is 2.27. The van der Waals surface area contributed by atoms with Crippen molar-refractivity contribution in [3.8, 4) is 0 Å². The van der Waals surface area contributed by atoms with Gasteiger partial charge in [0.1, 0.15) is 0 Å². The molecule has 0 aliphatic heterocycles. The number of benzene rings is 1. The number of alkyl halides is 3. The van der Waals surface area contributed by atoms with Crippen LogP contribution >= 0.6 is 34.8 Å². The molecule has 5 heteroatoms. The second-order valence-electron chi connectivity index (χ2n) is 3.85. The molecule has 0 fully saturated rings. The van der Waals surface area contributed by atoms with Gasteiger partial charge in [-0.05, 0) is 24.0 Å². The van der Waals surface area contributed by atoms with Gasteiger partial charge in [0.15, 0.2) is 0 Å². The normalized spacial score (nSPS) is 13.2. The topological polar surface area (TPSA) is 29.1 Å². The fraction of sp³-hybridized carbons (Fsp3) is 0.417. The third-order valence-electron chi connectivity index (χ3n) is 2.61. The first-order valence-corrected chi connectivity index (χ1v) is 6.46. The number of amides is 1. The minimum absolute atomic E-state index is 0.335. The number of rotatable bonds is 3. The first-order valence-electron chi connectivity index (χ1n) is 5.33. The van der Waals surface area contributed by atoms with E-state index in [4.69, 9.17) is 34.8 Å². The summed E-state index contributed by atoms with van der Waals surface area (Å²) in [5, 5.41) is 2.63. The Balaban J connectivity index is 2.95. The Hall–Kier alpha value is -0.440. The van der Waals surface area contributed by atoms with Gasteiger partial charge in [0, 0.05) is 5.69 Å². The van der Waals surface area contributed by atoms with Crippen LogP contribution < -0.4 is 5.32 Å². The number of hydrogen-bond acceptors (Lipinski definition) is 1. The zero-order valence-electron chi connectivity index (χ0n) is 9.64. The van der Waals surface area contributed by atoms with E-state index in [-0.39, 0.29) is 0 Å². The van der Waals surface area contributed by atoms with Gasteiger partial charge in [-0.3, -0.25) is 4.79 Å². The van der Waals surface area contributed by atoms with Crippen molar-refractivity contribution in [3.05, 3.63) is 29.8 Å². The first kappa shape index (κ1) is 14.6. The monoisotopic (exact) mass is 293 g/mol. The number of carbonyl (C=O) groups is 1. The maximum atomic E-state index is 11.6. The van der Waals surface area contributed by atoms with Crippen molar-refractivity contribution in [2.24, 2.45) is 0 Å². The lowest BCUT2D eigenvalue weighted by Crippen LogP contribution is -2.27. The molecular weight excluding hydrogens is 280 g/mol. The lowest BCUT2D eigenvalue weighted by Gasteiger charge is -2.17. The van der Waals surface area contributed by atoms with E-state index < -0.39 is 9.70 Å². The van der Waals surface area contributed by atoms with Crippen molar-refractivity contribution in [1.82, 2.24) is 0 Å². The van der Waals surface area contributed by atoms with E-state index >= 15 is 0 Å². The summed E-state index contributed by atoms with van der Waals surface area (Å²) in [7, 11) is 0. The molecule has 1 amide bonds. The van der Waals surface area contributed by atoms with Crippen molar-refractivity contribution in [3.63, 3.8) is 0 Å². The van der Waals surface area contributed by atoms with Crippen LogP contribution in [-0.4, -0.2) is 9.70 Å². The molecule has 1 N–H and O–H groups in total. The van der Waals surface area contributed by atoms with Crippen LogP contribution in [-0.2, 0) is 4.79 Å². The van der Waals surface area contributed by atoms with Crippen LogP contribution in [0.2, 0.25) is 0 Å². The minimum Gasteiger partial charge on any atom is -0.322 e. The van der Waals surface area contributed by atoms with E-state index in [9.17, 15) is 4.79 Å². The first-order chi connectivity index (χ1) is 7.86. The summed E-state index contributed by atoms with van der Waals surface area (Å²) in [6.07, 6.45) is 0.973. The van der Waals surface area contributed by atoms with Gasteiger partial charge in [0.2, 0.25) is 0 Å². The molecule has 1 aromatic carbocycles. The SMILES string of the molecule is CC[C@@H](C)c1ccccc1NC(=O)C(Cl)(Cl)Cl. The van der Waals surface area contributed by atoms with E-state index in [1.807, 2.05) is 18.2 Å². The van der Waals surface area contributed by atoms with Crippen LogP contribution in [0.5, 0.6) is 0 Å². The average molecular weight is 295 g/mol. The molecule has 1 aromatic rings. The van der Waals surface area contributed by atoms with Crippen LogP contribution in [0.25, 0.3) is 0 Å². The highest BCUT2D eigenvalue weighted by Gasteiger charge is 2.31. The molecule has 0 bridgehead atoms. The second kappa shape index (κ2) is 5.94. The quantitative estimate of drug-likeness (QED) is 0.817. The molecule has 0 unspecified atom stereocenters. The largest absolute Gasteiger partial charge is 0.322 e. The predicted octanol–water partition coefficient (Wildman–Crippen LogP) is 4.51. The molecule has 2 nitrogen and oxygen atoms in total. The van der Waals surface area contributed by atoms with E-state index in [1.54, 1.807) is 6.07 Å². The summed E-state index contributed by atoms with van der Waals surface area (Å²) in [6.45, 7) is 4.17. The third-order valence-corrected chi connectivity index (χ3v) is 3.12. The highest BCUT2D eigenvalue weighted by atomic mass is 35.6. The standard InChI is InChI=1S/C12H14Cl3NO/c1-3-8(2)9-6-4-5-7-10(9)16-11(17)12(13,14)15/h4-8H,3H2,1-2H3,(H,16,17)/t8-/m1/s1. The highest BCUT2D eigenvalue weighted by molar-refractivity contribution is 6.76. The summed E-state index contributed by atoms with van der Waals surface area (Å²) in [4.78, 5) is 11.6. The molecule has 1 rings (SSSR count). The van der Waals surface area contributed by atoms with Crippen molar-refractivity contribution in [2.45, 2.75) is 30.0 Å². The van der Waals surface area contributed by atoms with Crippen molar-refractivity contribution in [2.75, 3.05) is 5.32 Å². The van der Waals surface area contributed by atoms with Gasteiger partial charge < -0.3 is 5.32 Å². The summed E-state index contributed by atoms with van der Waals surface area (Å²) >= 11 is 16.6. The summed E-state index contributed by atoms with van der Waals surface area (Å²) in [6, 6.07) is 7.52. The molecule has 17 heavy (non-hydrogen) atoms. The van der Waals surface area contributed by atoms with Crippen LogP contribution in [0.3, 0.4) is 0 Å². The number of nitrogens with one attached hydrogen (secondary N) is 1. The fourth-order valence-corrected chi connectivity index (χ4v) is 1.60. The fourth-order valence-electron chi connectivity index (χ4n) is 1.45. The van der Waals surface area contributed by atoms with Gasteiger partial charge in [0.05, 0.1) is 0 Å². The number of anilines is 1. The molecule has 0 radical (unpaired) electrons. The van der Waals surface area contributed by atoms with Crippen LogP contribution in [0.1, 0.15) is 31.7 Å². The maximum Gasteiger partial charge on any atom is 0.276 e. The summed E-state index contributed by atoms with van der Waals surface area (Å²) in [5.41, 5.74) is 1.73. The van der Waals surface area contributed by atoms with Crippen LogP contribution in [0.4, 0.5) is 5.69 Å². The van der Waals surface area contributed by atoms with Crippen molar-refractivity contribution in [1.29, 1.82) is 0 Å². The Morgan fingerprint density at radius 1 is 1.35 bits per heavy atom. The van der Waals surface area contributed by atoms with Gasteiger partial charge in [-0.25, -0.2) is 0 Å². The van der Waals surface area contributed by atoms with E-state index in [0.717, 1.165) is 12.0 Å². The lowest BCUT2D eigenvalue weighted by atomic mass is 9.97. The summed E-state index contributed by atoms with van der Waals surface area (Å²) < 4.78 is -1.94. The lowest BCUT2D eigenvalue weighted by molar-refractivity contribution is -0.115. The van der Waals surface area contributed by atoms with Crippen LogP contribution in [0.15, 0.2) is 24.3 Å². The Morgan fingerprint density at radius 2 is 1.94 bits per heavy atom. The zero-order valence-corrected chi connectivity index (χ0v) is 11.9. The van der Waals surface area contributed by atoms with Gasteiger partial charge >= 0.3 is 0 Å². The molecule has 0 spiro atoms. The number of halogens is 3. The predicted molar refractivity (Wildman–Crippen MR) is 74.1 cm³/mol. The molecule has 1 atom stereocenters. The van der Waals surface area contributed by atoms with Gasteiger partial charge in [-0.2, -0.15) is 0 Å². The Kier molecular flexibility index (Phi) is 5.11. The second-order valence-corrected chi connectivity index (χ2v) is 6.13. The zero-order chi connectivity index (χ0) is 13.1. The van der Waals surface area contributed by atoms with Crippen molar-refractivity contribution >= 4 is 46.4 Å². The molecule has 0 aliphatic carbocycles. The third kappa shape index (κ3) is 4.06. The molecule has 0 aromatic heterocycles. The summed E-state index contributed by atoms with van der Waals surface area (Å²) in [5.74, 6) is -0.305. The van der Waals surface area contributed by atoms with Gasteiger partial charge in [-0.1, -0.05) is 66.8 Å². The molecule has 0 aliphatic rings. The van der Waals surface area contributed by atoms with E-state index in [2.05, 4.69) is 19.2 Å². The van der Waals surface area contributed by atoms with Crippen LogP contribution in [0, 0.1) is 0 Å². The van der Waals surface area contributed by atoms with Gasteiger partial charge in [0.25, 0.3) is 9.70 Å². The number of carbonyl (C=O) groups excluding carboxylic acids is 1. The smallest absolute Gasteiger partial charge is 0.276 e. The highest BCUT2D eigenvalue weighted by Crippen LogP contribution is 2.31. The van der Waals surface area contributed by atoms with Gasteiger partial charge in [-0.15, -0.1) is 0 Å². The molecule has 94 valence electrons. The molecule has 0 heterocycles. The Bertz CT molecular complexity index is 401. The maximum absolute atomic E-state index is 11.6. The van der Waals surface area contributed by atoms with E-state index in [1.165, 1.54) is 0 Å². The molecule has 0 saturated heterocycles. The number of para-hydroxylation sites is 1. The Labute approximate surface area is 116 Å².